The number of halogens is 4. The van der Waals surface area contributed by atoms with Gasteiger partial charge in [0.1, 0.15) is 5.75 Å². The van der Waals surface area contributed by atoms with E-state index in [9.17, 15) is 26.4 Å². The quantitative estimate of drug-likeness (QED) is 0.668. The fourth-order valence-electron chi connectivity index (χ4n) is 2.68. The first-order chi connectivity index (χ1) is 13.1. The summed E-state index contributed by atoms with van der Waals surface area (Å²) >= 11 is 3.11. The average molecular weight is 483 g/mol. The Hall–Kier alpha value is -2.05. The largest absolute Gasteiger partial charge is 0.573 e. The average Bonchev–Trinajstić information content (AvgIpc) is 3.07. The van der Waals surface area contributed by atoms with Crippen LogP contribution in [0.3, 0.4) is 0 Å². The van der Waals surface area contributed by atoms with Gasteiger partial charge in [0.25, 0.3) is 5.91 Å². The van der Waals surface area contributed by atoms with Gasteiger partial charge < -0.3 is 14.1 Å². The molecular weight excluding hydrogens is 469 g/mol. The highest BCUT2D eigenvalue weighted by atomic mass is 79.9. The number of amides is 1. The maximum absolute atomic E-state index is 12.7. The molecule has 1 aliphatic rings. The molecule has 1 fully saturated rings. The Morgan fingerprint density at radius 2 is 1.64 bits per heavy atom. The van der Waals surface area contributed by atoms with Gasteiger partial charge in [-0.25, -0.2) is 8.42 Å². The number of hydrogen-bond donors (Lipinski definition) is 0. The van der Waals surface area contributed by atoms with Crippen LogP contribution in [0.1, 0.15) is 10.6 Å². The van der Waals surface area contributed by atoms with E-state index in [1.54, 1.807) is 6.07 Å². The highest BCUT2D eigenvalue weighted by Gasteiger charge is 2.33. The van der Waals surface area contributed by atoms with Gasteiger partial charge in [-0.3, -0.25) is 4.79 Å². The van der Waals surface area contributed by atoms with Crippen molar-refractivity contribution in [1.29, 1.82) is 0 Å². The fourth-order valence-corrected chi connectivity index (χ4v) is 4.41. The lowest BCUT2D eigenvalue weighted by Gasteiger charge is -2.33. The van der Waals surface area contributed by atoms with Crippen molar-refractivity contribution in [2.24, 2.45) is 0 Å². The van der Waals surface area contributed by atoms with E-state index in [0.717, 1.165) is 24.3 Å². The first-order valence-corrected chi connectivity index (χ1v) is 10.2. The van der Waals surface area contributed by atoms with Gasteiger partial charge in [-0.2, -0.15) is 4.31 Å². The zero-order valence-corrected chi connectivity index (χ0v) is 16.6. The summed E-state index contributed by atoms with van der Waals surface area (Å²) in [4.78, 5) is 13.6. The van der Waals surface area contributed by atoms with Crippen molar-refractivity contribution in [3.8, 4) is 5.75 Å². The monoisotopic (exact) mass is 482 g/mol. The molecule has 0 unspecified atom stereocenters. The van der Waals surface area contributed by atoms with E-state index in [2.05, 4.69) is 20.7 Å². The maximum atomic E-state index is 12.7. The van der Waals surface area contributed by atoms with Gasteiger partial charge in [0.2, 0.25) is 10.0 Å². The normalized spacial score (nSPS) is 16.2. The van der Waals surface area contributed by atoms with Gasteiger partial charge in [0.15, 0.2) is 10.4 Å². The summed E-state index contributed by atoms with van der Waals surface area (Å²) in [5.41, 5.74) is 0. The van der Waals surface area contributed by atoms with Crippen LogP contribution in [0, 0.1) is 0 Å². The van der Waals surface area contributed by atoms with Crippen LogP contribution in [0.5, 0.6) is 5.75 Å². The number of sulfonamides is 1. The second-order valence-corrected chi connectivity index (χ2v) is 8.54. The number of piperazine rings is 1. The lowest BCUT2D eigenvalue weighted by molar-refractivity contribution is -0.274. The number of rotatable bonds is 4. The predicted molar refractivity (Wildman–Crippen MR) is 94.2 cm³/mol. The molecule has 1 amide bonds. The van der Waals surface area contributed by atoms with E-state index < -0.39 is 22.1 Å². The molecule has 0 radical (unpaired) electrons. The van der Waals surface area contributed by atoms with E-state index in [1.807, 2.05) is 0 Å². The van der Waals surface area contributed by atoms with Crippen molar-refractivity contribution in [1.82, 2.24) is 9.21 Å². The number of ether oxygens (including phenoxy) is 1. The van der Waals surface area contributed by atoms with E-state index in [1.165, 1.54) is 15.3 Å². The standard InChI is InChI=1S/C16H14BrF3N2O5S/c17-14-6-5-13(26-14)15(23)21-7-9-22(10-8-21)28(24,25)12-3-1-11(2-4-12)27-16(18,19)20/h1-6H,7-10H2. The van der Waals surface area contributed by atoms with E-state index in [-0.39, 0.29) is 42.7 Å². The molecule has 7 nitrogen and oxygen atoms in total. The van der Waals surface area contributed by atoms with Crippen LogP contribution < -0.4 is 4.74 Å². The van der Waals surface area contributed by atoms with Crippen LogP contribution in [0.25, 0.3) is 0 Å². The minimum atomic E-state index is -4.85. The van der Waals surface area contributed by atoms with Crippen LogP contribution >= 0.6 is 15.9 Å². The lowest BCUT2D eigenvalue weighted by Crippen LogP contribution is -2.50. The Bertz CT molecular complexity index is 951. The van der Waals surface area contributed by atoms with Crippen molar-refractivity contribution < 1.29 is 35.5 Å². The Kier molecular flexibility index (Phi) is 5.73. The summed E-state index contributed by atoms with van der Waals surface area (Å²) in [7, 11) is -3.90. The van der Waals surface area contributed by atoms with Crippen LogP contribution in [-0.4, -0.2) is 56.1 Å². The third-order valence-corrected chi connectivity index (χ3v) is 6.34. The molecule has 0 spiro atoms. The van der Waals surface area contributed by atoms with Gasteiger partial charge in [-0.1, -0.05) is 0 Å². The number of hydrogen-bond acceptors (Lipinski definition) is 5. The fraction of sp³-hybridized carbons (Fsp3) is 0.312. The first kappa shape index (κ1) is 20.7. The van der Waals surface area contributed by atoms with Crippen molar-refractivity contribution in [2.45, 2.75) is 11.3 Å². The minimum Gasteiger partial charge on any atom is -0.444 e. The van der Waals surface area contributed by atoms with Crippen LogP contribution in [0.4, 0.5) is 13.2 Å². The van der Waals surface area contributed by atoms with Crippen LogP contribution in [0.2, 0.25) is 0 Å². The molecule has 0 N–H and O–H groups in total. The number of nitrogens with zero attached hydrogens (tertiary/aromatic N) is 2. The summed E-state index contributed by atoms with van der Waals surface area (Å²) in [6.45, 7) is 0.421. The Morgan fingerprint density at radius 3 is 2.14 bits per heavy atom. The van der Waals surface area contributed by atoms with Gasteiger partial charge in [-0.15, -0.1) is 13.2 Å². The Balaban J connectivity index is 1.65. The SMILES string of the molecule is O=C(c1ccc(Br)o1)N1CCN(S(=O)(=O)c2ccc(OC(F)(F)F)cc2)CC1. The third-order valence-electron chi connectivity index (χ3n) is 4.00. The molecule has 1 aliphatic heterocycles. The van der Waals surface area contributed by atoms with Gasteiger partial charge in [-0.05, 0) is 52.3 Å². The molecule has 28 heavy (non-hydrogen) atoms. The summed E-state index contributed by atoms with van der Waals surface area (Å²) < 4.78 is 72.5. The first-order valence-electron chi connectivity index (χ1n) is 7.97. The molecule has 3 rings (SSSR count). The van der Waals surface area contributed by atoms with Crippen molar-refractivity contribution >= 4 is 31.9 Å². The molecule has 2 heterocycles. The molecule has 0 atom stereocenters. The van der Waals surface area contributed by atoms with Gasteiger partial charge >= 0.3 is 6.36 Å². The highest BCUT2D eigenvalue weighted by molar-refractivity contribution is 9.10. The van der Waals surface area contributed by atoms with Crippen LogP contribution in [-0.2, 0) is 10.0 Å². The summed E-state index contributed by atoms with van der Waals surface area (Å²) in [6, 6.07) is 7.08. The molecule has 12 heteroatoms. The summed E-state index contributed by atoms with van der Waals surface area (Å²) in [5.74, 6) is -0.716. The van der Waals surface area contributed by atoms with Gasteiger partial charge in [0.05, 0.1) is 4.90 Å². The summed E-state index contributed by atoms with van der Waals surface area (Å²) in [5, 5.41) is 0. The molecule has 0 bridgehead atoms. The molecular formula is C16H14BrF3N2O5S. The number of furan rings is 1. The summed E-state index contributed by atoms with van der Waals surface area (Å²) in [6.07, 6.45) is -4.85. The maximum Gasteiger partial charge on any atom is 0.573 e. The second kappa shape index (κ2) is 7.76. The minimum absolute atomic E-state index is 0.0523. The number of benzene rings is 1. The molecule has 1 aromatic heterocycles. The molecule has 0 saturated carbocycles. The zero-order valence-electron chi connectivity index (χ0n) is 14.1. The molecule has 1 saturated heterocycles. The highest BCUT2D eigenvalue weighted by Crippen LogP contribution is 2.26. The van der Waals surface area contributed by atoms with E-state index in [4.69, 9.17) is 4.42 Å². The topological polar surface area (TPSA) is 80.1 Å². The molecule has 0 aliphatic carbocycles. The third kappa shape index (κ3) is 4.67. The molecule has 1 aromatic carbocycles. The smallest absolute Gasteiger partial charge is 0.444 e. The Labute approximate surface area is 166 Å². The lowest BCUT2D eigenvalue weighted by atomic mass is 10.3. The number of carbonyl (C=O) groups excluding carboxylic acids is 1. The van der Waals surface area contributed by atoms with E-state index in [0.29, 0.717) is 4.67 Å². The number of alkyl halides is 3. The zero-order chi connectivity index (χ0) is 20.5. The second-order valence-electron chi connectivity index (χ2n) is 5.82. The van der Waals surface area contributed by atoms with Crippen molar-refractivity contribution in [3.63, 3.8) is 0 Å². The van der Waals surface area contributed by atoms with E-state index >= 15 is 0 Å². The predicted octanol–water partition coefficient (Wildman–Crippen LogP) is 3.09. The van der Waals surface area contributed by atoms with Crippen molar-refractivity contribution in [2.75, 3.05) is 26.2 Å². The number of carbonyl (C=O) groups is 1. The molecule has 2 aromatic rings. The molecule has 152 valence electrons. The van der Waals surface area contributed by atoms with Gasteiger partial charge in [0, 0.05) is 26.2 Å². The van der Waals surface area contributed by atoms with Crippen LogP contribution in [0.15, 0.2) is 50.4 Å². The van der Waals surface area contributed by atoms with Crippen molar-refractivity contribution in [3.05, 3.63) is 46.8 Å². The Morgan fingerprint density at radius 1 is 1.04 bits per heavy atom.